The van der Waals surface area contributed by atoms with E-state index < -0.39 is 4.33 Å². The Morgan fingerprint density at radius 3 is 2.50 bits per heavy atom. The third-order valence-corrected chi connectivity index (χ3v) is 3.99. The molecule has 1 aliphatic carbocycles. The van der Waals surface area contributed by atoms with Gasteiger partial charge in [-0.25, -0.2) is 0 Å². The summed E-state index contributed by atoms with van der Waals surface area (Å²) in [7, 11) is 0. The number of benzene rings is 1. The number of hydrogen-bond donors (Lipinski definition) is 0. The SMILES string of the molecule is C=Cc1cc(Cl)cc(C2C(C=O)C2(Cl)Cl)c1. The minimum absolute atomic E-state index is 0.175. The average Bonchev–Trinajstić information content (AvgIpc) is 2.79. The second kappa shape index (κ2) is 4.06. The molecule has 0 aliphatic heterocycles. The van der Waals surface area contributed by atoms with Crippen molar-refractivity contribution in [2.45, 2.75) is 10.3 Å². The Morgan fingerprint density at radius 1 is 1.31 bits per heavy atom. The fraction of sp³-hybridized carbons (Fsp3) is 0.250. The number of alkyl halides is 2. The summed E-state index contributed by atoms with van der Waals surface area (Å²) in [6.07, 6.45) is 2.48. The maximum atomic E-state index is 10.8. The quantitative estimate of drug-likeness (QED) is 0.600. The Hall–Kier alpha value is -0.500. The van der Waals surface area contributed by atoms with Crippen molar-refractivity contribution in [3.63, 3.8) is 0 Å². The van der Waals surface area contributed by atoms with Crippen molar-refractivity contribution < 1.29 is 4.79 Å². The Morgan fingerprint density at radius 2 is 2.00 bits per heavy atom. The number of hydrogen-bond acceptors (Lipinski definition) is 1. The molecule has 0 spiro atoms. The lowest BCUT2D eigenvalue weighted by Gasteiger charge is -2.03. The van der Waals surface area contributed by atoms with Crippen molar-refractivity contribution >= 4 is 47.2 Å². The van der Waals surface area contributed by atoms with Gasteiger partial charge >= 0.3 is 0 Å². The molecule has 0 bridgehead atoms. The fourth-order valence-corrected chi connectivity index (χ4v) is 2.89. The monoisotopic (exact) mass is 274 g/mol. The van der Waals surface area contributed by atoms with E-state index in [1.807, 2.05) is 6.07 Å². The lowest BCUT2D eigenvalue weighted by atomic mass is 10.1. The van der Waals surface area contributed by atoms with Crippen LogP contribution in [0.15, 0.2) is 24.8 Å². The van der Waals surface area contributed by atoms with Gasteiger partial charge in [-0.2, -0.15) is 0 Å². The normalized spacial score (nSPS) is 26.2. The highest BCUT2D eigenvalue weighted by molar-refractivity contribution is 6.53. The van der Waals surface area contributed by atoms with E-state index >= 15 is 0 Å². The summed E-state index contributed by atoms with van der Waals surface area (Å²) in [5.41, 5.74) is 1.77. The molecular weight excluding hydrogens is 266 g/mol. The largest absolute Gasteiger partial charge is 0.303 e. The zero-order chi connectivity index (χ0) is 11.9. The Balaban J connectivity index is 2.39. The zero-order valence-electron chi connectivity index (χ0n) is 8.29. The van der Waals surface area contributed by atoms with E-state index in [-0.39, 0.29) is 11.8 Å². The molecule has 0 heterocycles. The second-order valence-electron chi connectivity index (χ2n) is 3.84. The highest BCUT2D eigenvalue weighted by Crippen LogP contribution is 2.64. The summed E-state index contributed by atoms with van der Waals surface area (Å²) in [5.74, 6) is -0.530. The molecule has 0 radical (unpaired) electrons. The molecule has 1 fully saturated rings. The van der Waals surface area contributed by atoms with E-state index in [2.05, 4.69) is 6.58 Å². The molecule has 1 saturated carbocycles. The maximum Gasteiger partial charge on any atom is 0.136 e. The van der Waals surface area contributed by atoms with Gasteiger partial charge in [-0.1, -0.05) is 30.3 Å². The molecule has 16 heavy (non-hydrogen) atoms. The van der Waals surface area contributed by atoms with Gasteiger partial charge in [-0.3, -0.25) is 0 Å². The van der Waals surface area contributed by atoms with Crippen LogP contribution in [0.25, 0.3) is 6.08 Å². The van der Waals surface area contributed by atoms with Crippen LogP contribution in [0.1, 0.15) is 17.0 Å². The van der Waals surface area contributed by atoms with Gasteiger partial charge in [0.1, 0.15) is 10.6 Å². The van der Waals surface area contributed by atoms with Gasteiger partial charge in [-0.15, -0.1) is 23.2 Å². The van der Waals surface area contributed by atoms with E-state index in [0.29, 0.717) is 5.02 Å². The number of halogens is 3. The van der Waals surface area contributed by atoms with Crippen LogP contribution in [0, 0.1) is 5.92 Å². The first-order valence-corrected chi connectivity index (χ1v) is 5.90. The molecule has 4 heteroatoms. The van der Waals surface area contributed by atoms with Crippen molar-refractivity contribution in [3.05, 3.63) is 40.9 Å². The number of aldehydes is 1. The smallest absolute Gasteiger partial charge is 0.136 e. The van der Waals surface area contributed by atoms with E-state index in [4.69, 9.17) is 34.8 Å². The summed E-state index contributed by atoms with van der Waals surface area (Å²) in [6, 6.07) is 5.47. The van der Waals surface area contributed by atoms with E-state index in [0.717, 1.165) is 17.4 Å². The van der Waals surface area contributed by atoms with Crippen LogP contribution in [0.2, 0.25) is 5.02 Å². The third kappa shape index (κ3) is 1.88. The molecule has 0 N–H and O–H groups in total. The lowest BCUT2D eigenvalue weighted by molar-refractivity contribution is -0.108. The fourth-order valence-electron chi connectivity index (χ4n) is 1.88. The predicted molar refractivity (Wildman–Crippen MR) is 68.3 cm³/mol. The Kier molecular flexibility index (Phi) is 3.04. The van der Waals surface area contributed by atoms with Crippen molar-refractivity contribution in [2.24, 2.45) is 5.92 Å². The van der Waals surface area contributed by atoms with Crippen LogP contribution in [0.5, 0.6) is 0 Å². The van der Waals surface area contributed by atoms with Crippen molar-refractivity contribution in [1.29, 1.82) is 0 Å². The maximum absolute atomic E-state index is 10.8. The van der Waals surface area contributed by atoms with Gasteiger partial charge in [0.25, 0.3) is 0 Å². The van der Waals surface area contributed by atoms with Crippen molar-refractivity contribution in [2.75, 3.05) is 0 Å². The summed E-state index contributed by atoms with van der Waals surface area (Å²) >= 11 is 18.0. The third-order valence-electron chi connectivity index (χ3n) is 2.79. The van der Waals surface area contributed by atoms with Gasteiger partial charge in [0.2, 0.25) is 0 Å². The van der Waals surface area contributed by atoms with Crippen LogP contribution < -0.4 is 0 Å². The van der Waals surface area contributed by atoms with E-state index in [1.165, 1.54) is 0 Å². The Bertz CT molecular complexity index is 454. The van der Waals surface area contributed by atoms with Gasteiger partial charge in [0.15, 0.2) is 0 Å². The highest BCUT2D eigenvalue weighted by atomic mass is 35.5. The molecule has 1 aromatic carbocycles. The minimum Gasteiger partial charge on any atom is -0.303 e. The molecule has 1 nitrogen and oxygen atoms in total. The van der Waals surface area contributed by atoms with Crippen LogP contribution in [-0.2, 0) is 4.79 Å². The van der Waals surface area contributed by atoms with Crippen molar-refractivity contribution in [3.8, 4) is 0 Å². The molecule has 1 aliphatic rings. The molecule has 84 valence electrons. The molecule has 0 aromatic heterocycles. The number of carbonyl (C=O) groups is 1. The summed E-state index contributed by atoms with van der Waals surface area (Å²) in [5, 5.41) is 0.591. The Labute approximate surface area is 109 Å². The van der Waals surface area contributed by atoms with Crippen LogP contribution >= 0.6 is 34.8 Å². The second-order valence-corrected chi connectivity index (χ2v) is 5.72. The first-order chi connectivity index (χ1) is 7.50. The molecule has 2 unspecified atom stereocenters. The lowest BCUT2D eigenvalue weighted by Crippen LogP contribution is -1.91. The number of rotatable bonds is 3. The van der Waals surface area contributed by atoms with Gasteiger partial charge in [0.05, 0.1) is 5.92 Å². The van der Waals surface area contributed by atoms with Crippen LogP contribution in [-0.4, -0.2) is 10.6 Å². The molecule has 0 saturated heterocycles. The summed E-state index contributed by atoms with van der Waals surface area (Å²) in [6.45, 7) is 3.67. The van der Waals surface area contributed by atoms with Crippen molar-refractivity contribution in [1.82, 2.24) is 0 Å². The van der Waals surface area contributed by atoms with Gasteiger partial charge < -0.3 is 4.79 Å². The standard InChI is InChI=1S/C12H9Cl3O/c1-2-7-3-8(5-9(13)4-7)11-10(6-16)12(11,14)15/h2-6,10-11H,1H2. The predicted octanol–water partition coefficient (Wildman–Crippen LogP) is 4.07. The molecular formula is C12H9Cl3O. The average molecular weight is 276 g/mol. The summed E-state index contributed by atoms with van der Waals surface area (Å²) in [4.78, 5) is 10.8. The number of carbonyl (C=O) groups excluding carboxylic acids is 1. The van der Waals surface area contributed by atoms with Crippen LogP contribution in [0.4, 0.5) is 0 Å². The highest BCUT2D eigenvalue weighted by Gasteiger charge is 2.64. The molecule has 2 rings (SSSR count). The first-order valence-electron chi connectivity index (χ1n) is 4.76. The topological polar surface area (TPSA) is 17.1 Å². The van der Waals surface area contributed by atoms with E-state index in [1.54, 1.807) is 18.2 Å². The van der Waals surface area contributed by atoms with Gasteiger partial charge in [0, 0.05) is 10.9 Å². The minimum atomic E-state index is -0.995. The molecule has 1 aromatic rings. The first kappa shape index (κ1) is 12.0. The molecule has 2 atom stereocenters. The zero-order valence-corrected chi connectivity index (χ0v) is 10.6. The van der Waals surface area contributed by atoms with Crippen LogP contribution in [0.3, 0.4) is 0 Å². The van der Waals surface area contributed by atoms with E-state index in [9.17, 15) is 4.79 Å². The molecule has 0 amide bonds. The summed E-state index contributed by atoms with van der Waals surface area (Å²) < 4.78 is -0.995. The van der Waals surface area contributed by atoms with Gasteiger partial charge in [-0.05, 0) is 23.3 Å².